The lowest BCUT2D eigenvalue weighted by molar-refractivity contribution is -0.144. The number of carbonyl (C=O) groups is 1. The van der Waals surface area contributed by atoms with E-state index < -0.39 is 0 Å². The average molecular weight is 196 g/mol. The third kappa shape index (κ3) is 1.75. The van der Waals surface area contributed by atoms with Gasteiger partial charge in [0.05, 0.1) is 12.5 Å². The predicted octanol–water partition coefficient (Wildman–Crippen LogP) is 2.41. The number of carbonyl (C=O) groups excluding carboxylic acids is 1. The number of hydrogen-bond donors (Lipinski definition) is 0. The van der Waals surface area contributed by atoms with Crippen LogP contribution in [0.25, 0.3) is 0 Å². The van der Waals surface area contributed by atoms with Crippen molar-refractivity contribution in [2.45, 2.75) is 19.3 Å². The molecule has 0 spiro atoms. The minimum absolute atomic E-state index is 0.0269. The van der Waals surface area contributed by atoms with Gasteiger partial charge in [-0.3, -0.25) is 4.79 Å². The fraction of sp³-hybridized carbons (Fsp3) is 0.500. The van der Waals surface area contributed by atoms with Gasteiger partial charge in [-0.15, -0.1) is 11.3 Å². The molecule has 0 amide bonds. The van der Waals surface area contributed by atoms with Crippen molar-refractivity contribution in [2.24, 2.45) is 5.92 Å². The van der Waals surface area contributed by atoms with Crippen molar-refractivity contribution in [3.05, 3.63) is 22.4 Å². The van der Waals surface area contributed by atoms with Crippen LogP contribution in [0, 0.1) is 5.92 Å². The molecule has 2 unspecified atom stereocenters. The number of thiophene rings is 1. The molecule has 1 aliphatic carbocycles. The van der Waals surface area contributed by atoms with Gasteiger partial charge in [0.1, 0.15) is 0 Å². The van der Waals surface area contributed by atoms with E-state index in [0.717, 1.165) is 6.42 Å². The van der Waals surface area contributed by atoms with Crippen molar-refractivity contribution in [3.63, 3.8) is 0 Å². The standard InChI is InChI=1S/C10H12O2S/c1-2-12-10(11)8-6-7(8)9-4-3-5-13-9/h3-5,7-8H,2,6H2,1H3. The van der Waals surface area contributed by atoms with Gasteiger partial charge in [-0.2, -0.15) is 0 Å². The van der Waals surface area contributed by atoms with Crippen LogP contribution in [0.3, 0.4) is 0 Å². The Morgan fingerprint density at radius 2 is 2.62 bits per heavy atom. The van der Waals surface area contributed by atoms with Gasteiger partial charge in [0.15, 0.2) is 0 Å². The number of esters is 1. The van der Waals surface area contributed by atoms with Crippen LogP contribution < -0.4 is 0 Å². The van der Waals surface area contributed by atoms with E-state index >= 15 is 0 Å². The number of hydrogen-bond acceptors (Lipinski definition) is 3. The van der Waals surface area contributed by atoms with Crippen LogP contribution in [0.1, 0.15) is 24.1 Å². The molecule has 1 heterocycles. The van der Waals surface area contributed by atoms with Gasteiger partial charge in [0.25, 0.3) is 0 Å². The molecule has 1 fully saturated rings. The van der Waals surface area contributed by atoms with Crippen LogP contribution in [0.2, 0.25) is 0 Å². The molecule has 0 saturated heterocycles. The van der Waals surface area contributed by atoms with Crippen LogP contribution in [0.4, 0.5) is 0 Å². The minimum Gasteiger partial charge on any atom is -0.466 e. The van der Waals surface area contributed by atoms with Crippen LogP contribution in [0.15, 0.2) is 17.5 Å². The first-order valence-corrected chi connectivity index (χ1v) is 5.41. The second-order valence-electron chi connectivity index (χ2n) is 3.22. The van der Waals surface area contributed by atoms with Crippen molar-refractivity contribution in [3.8, 4) is 0 Å². The average Bonchev–Trinajstić information content (AvgIpc) is 2.74. The SMILES string of the molecule is CCOC(=O)C1CC1c1cccs1. The molecular weight excluding hydrogens is 184 g/mol. The van der Waals surface area contributed by atoms with E-state index in [1.807, 2.05) is 13.0 Å². The minimum atomic E-state index is -0.0269. The Kier molecular flexibility index (Phi) is 2.36. The maximum Gasteiger partial charge on any atom is 0.309 e. The molecule has 0 radical (unpaired) electrons. The maximum atomic E-state index is 11.3. The summed E-state index contributed by atoms with van der Waals surface area (Å²) in [6, 6.07) is 4.12. The third-order valence-corrected chi connectivity index (χ3v) is 3.29. The summed E-state index contributed by atoms with van der Waals surface area (Å²) in [5.41, 5.74) is 0. The highest BCUT2D eigenvalue weighted by molar-refractivity contribution is 7.10. The van der Waals surface area contributed by atoms with Crippen LogP contribution in [-0.4, -0.2) is 12.6 Å². The van der Waals surface area contributed by atoms with Gasteiger partial charge in [0.2, 0.25) is 0 Å². The van der Waals surface area contributed by atoms with Crippen molar-refractivity contribution in [1.82, 2.24) is 0 Å². The summed E-state index contributed by atoms with van der Waals surface area (Å²) in [4.78, 5) is 12.6. The van der Waals surface area contributed by atoms with E-state index in [4.69, 9.17) is 4.74 Å². The van der Waals surface area contributed by atoms with E-state index in [-0.39, 0.29) is 11.9 Å². The lowest BCUT2D eigenvalue weighted by Crippen LogP contribution is -2.06. The van der Waals surface area contributed by atoms with Crippen molar-refractivity contribution in [1.29, 1.82) is 0 Å². The molecule has 0 aromatic carbocycles. The van der Waals surface area contributed by atoms with E-state index in [1.54, 1.807) is 11.3 Å². The lowest BCUT2D eigenvalue weighted by atomic mass is 10.3. The van der Waals surface area contributed by atoms with Gasteiger partial charge in [-0.1, -0.05) is 6.07 Å². The van der Waals surface area contributed by atoms with Crippen LogP contribution >= 0.6 is 11.3 Å². The van der Waals surface area contributed by atoms with E-state index in [2.05, 4.69) is 11.4 Å². The molecule has 2 nitrogen and oxygen atoms in total. The van der Waals surface area contributed by atoms with Crippen LogP contribution in [0.5, 0.6) is 0 Å². The second kappa shape index (κ2) is 3.50. The van der Waals surface area contributed by atoms with E-state index in [0.29, 0.717) is 12.5 Å². The third-order valence-electron chi connectivity index (χ3n) is 2.29. The van der Waals surface area contributed by atoms with Crippen molar-refractivity contribution < 1.29 is 9.53 Å². The number of rotatable bonds is 3. The summed E-state index contributed by atoms with van der Waals surface area (Å²) in [6.07, 6.45) is 0.972. The zero-order valence-electron chi connectivity index (χ0n) is 7.53. The van der Waals surface area contributed by atoms with Crippen molar-refractivity contribution >= 4 is 17.3 Å². The van der Waals surface area contributed by atoms with E-state index in [1.165, 1.54) is 4.88 Å². The molecule has 3 heteroatoms. The number of ether oxygens (including phenoxy) is 1. The normalized spacial score (nSPS) is 25.6. The molecular formula is C10H12O2S. The molecule has 2 rings (SSSR count). The van der Waals surface area contributed by atoms with Gasteiger partial charge in [-0.25, -0.2) is 0 Å². The summed E-state index contributed by atoms with van der Waals surface area (Å²) in [5.74, 6) is 0.554. The highest BCUT2D eigenvalue weighted by Gasteiger charge is 2.45. The lowest BCUT2D eigenvalue weighted by Gasteiger charge is -1.98. The zero-order chi connectivity index (χ0) is 9.26. The summed E-state index contributed by atoms with van der Waals surface area (Å²) in [5, 5.41) is 2.05. The first kappa shape index (κ1) is 8.75. The summed E-state index contributed by atoms with van der Waals surface area (Å²) >= 11 is 1.72. The fourth-order valence-electron chi connectivity index (χ4n) is 1.52. The smallest absolute Gasteiger partial charge is 0.309 e. The molecule has 1 saturated carbocycles. The summed E-state index contributed by atoms with van der Waals surface area (Å²) in [6.45, 7) is 2.34. The van der Waals surface area contributed by atoms with Gasteiger partial charge < -0.3 is 4.74 Å². The Morgan fingerprint density at radius 3 is 3.23 bits per heavy atom. The highest BCUT2D eigenvalue weighted by atomic mass is 32.1. The summed E-state index contributed by atoms with van der Waals surface area (Å²) in [7, 11) is 0. The molecule has 1 aliphatic rings. The molecule has 70 valence electrons. The molecule has 1 aromatic rings. The summed E-state index contributed by atoms with van der Waals surface area (Å²) < 4.78 is 4.96. The topological polar surface area (TPSA) is 26.3 Å². The quantitative estimate of drug-likeness (QED) is 0.694. The Balaban J connectivity index is 1.92. The molecule has 2 atom stereocenters. The Bertz CT molecular complexity index is 292. The first-order valence-electron chi connectivity index (χ1n) is 4.53. The fourth-order valence-corrected chi connectivity index (χ4v) is 2.43. The van der Waals surface area contributed by atoms with Gasteiger partial charge in [-0.05, 0) is 24.8 Å². The monoisotopic (exact) mass is 196 g/mol. The Labute approximate surface area is 81.5 Å². The van der Waals surface area contributed by atoms with Crippen LogP contribution in [-0.2, 0) is 9.53 Å². The molecule has 1 aromatic heterocycles. The Morgan fingerprint density at radius 1 is 1.77 bits per heavy atom. The maximum absolute atomic E-state index is 11.3. The largest absolute Gasteiger partial charge is 0.466 e. The molecule has 0 bridgehead atoms. The second-order valence-corrected chi connectivity index (χ2v) is 4.20. The first-order chi connectivity index (χ1) is 6.33. The molecule has 13 heavy (non-hydrogen) atoms. The molecule has 0 aliphatic heterocycles. The van der Waals surface area contributed by atoms with Crippen molar-refractivity contribution in [2.75, 3.05) is 6.61 Å². The van der Waals surface area contributed by atoms with Gasteiger partial charge >= 0.3 is 5.97 Å². The molecule has 0 N–H and O–H groups in total. The zero-order valence-corrected chi connectivity index (χ0v) is 8.34. The highest BCUT2D eigenvalue weighted by Crippen LogP contribution is 2.49. The predicted molar refractivity (Wildman–Crippen MR) is 51.8 cm³/mol. The van der Waals surface area contributed by atoms with E-state index in [9.17, 15) is 4.79 Å². The van der Waals surface area contributed by atoms with Gasteiger partial charge in [0, 0.05) is 10.8 Å². The Hall–Kier alpha value is -0.830.